The number of amides is 1. The first-order chi connectivity index (χ1) is 11.2. The maximum Gasteiger partial charge on any atom is 0.260 e. The minimum atomic E-state index is -0.204. The molecule has 0 atom stereocenters. The summed E-state index contributed by atoms with van der Waals surface area (Å²) in [5, 5.41) is 4.17. The molecule has 2 aromatic rings. The first-order valence-corrected chi connectivity index (χ1v) is 8.53. The highest BCUT2D eigenvalue weighted by molar-refractivity contribution is 8.14. The van der Waals surface area contributed by atoms with Gasteiger partial charge in [-0.3, -0.25) is 9.79 Å². The Morgan fingerprint density at radius 2 is 2.00 bits per heavy atom. The normalized spacial score (nSPS) is 13.5. The molecule has 0 aliphatic carbocycles. The molecule has 1 aliphatic heterocycles. The molecule has 0 bridgehead atoms. The maximum atomic E-state index is 12.4. The second kappa shape index (κ2) is 7.53. The Labute approximate surface area is 143 Å². The lowest BCUT2D eigenvalue weighted by molar-refractivity contribution is 0.0973. The molecule has 0 fully saturated rings. The molecule has 0 saturated heterocycles. The highest BCUT2D eigenvalue weighted by Crippen LogP contribution is 2.21. The number of hydrogen-bond acceptors (Lipinski definition) is 4. The van der Waals surface area contributed by atoms with Gasteiger partial charge >= 0.3 is 0 Å². The number of ether oxygens (including phenoxy) is 1. The van der Waals surface area contributed by atoms with Crippen molar-refractivity contribution in [3.63, 3.8) is 0 Å². The van der Waals surface area contributed by atoms with E-state index >= 15 is 0 Å². The Bertz CT molecular complexity index is 732. The van der Waals surface area contributed by atoms with Gasteiger partial charge in [-0.15, -0.1) is 0 Å². The number of rotatable bonds is 4. The van der Waals surface area contributed by atoms with Gasteiger partial charge in [-0.1, -0.05) is 47.6 Å². The number of halogens is 1. The van der Waals surface area contributed by atoms with Gasteiger partial charge in [0, 0.05) is 10.8 Å². The zero-order valence-electron chi connectivity index (χ0n) is 12.3. The fourth-order valence-corrected chi connectivity index (χ4v) is 2.95. The van der Waals surface area contributed by atoms with E-state index in [4.69, 9.17) is 16.3 Å². The molecule has 3 rings (SSSR count). The number of carbonyl (C=O) groups is 1. The van der Waals surface area contributed by atoms with Gasteiger partial charge in [0.15, 0.2) is 5.17 Å². The van der Waals surface area contributed by atoms with Crippen LogP contribution in [0.4, 0.5) is 0 Å². The van der Waals surface area contributed by atoms with Gasteiger partial charge in [-0.25, -0.2) is 0 Å². The lowest BCUT2D eigenvalue weighted by Gasteiger charge is -2.11. The summed E-state index contributed by atoms with van der Waals surface area (Å²) < 4.78 is 5.80. The van der Waals surface area contributed by atoms with Crippen LogP contribution in [-0.4, -0.2) is 23.4 Å². The Morgan fingerprint density at radius 3 is 2.74 bits per heavy atom. The molecule has 4 nitrogen and oxygen atoms in total. The third-order valence-electron chi connectivity index (χ3n) is 3.25. The lowest BCUT2D eigenvalue weighted by Crippen LogP contribution is -2.27. The van der Waals surface area contributed by atoms with Gasteiger partial charge in [-0.2, -0.15) is 0 Å². The van der Waals surface area contributed by atoms with E-state index in [0.717, 1.165) is 17.9 Å². The summed E-state index contributed by atoms with van der Waals surface area (Å²) in [5.41, 5.74) is 1.48. The summed E-state index contributed by atoms with van der Waals surface area (Å²) in [6.07, 6.45) is 0. The van der Waals surface area contributed by atoms with E-state index in [0.29, 0.717) is 28.1 Å². The van der Waals surface area contributed by atoms with Gasteiger partial charge in [0.2, 0.25) is 0 Å². The molecule has 1 heterocycles. The molecule has 6 heteroatoms. The quantitative estimate of drug-likeness (QED) is 0.917. The number of amidine groups is 1. The van der Waals surface area contributed by atoms with Crippen molar-refractivity contribution in [3.05, 3.63) is 64.7 Å². The van der Waals surface area contributed by atoms with Crippen molar-refractivity contribution in [2.24, 2.45) is 4.99 Å². The van der Waals surface area contributed by atoms with Crippen molar-refractivity contribution < 1.29 is 9.53 Å². The fourth-order valence-electron chi connectivity index (χ4n) is 2.10. The lowest BCUT2D eigenvalue weighted by atomic mass is 10.2. The molecule has 2 aromatic carbocycles. The number of benzene rings is 2. The van der Waals surface area contributed by atoms with Crippen LogP contribution in [0.5, 0.6) is 5.75 Å². The van der Waals surface area contributed by atoms with Crippen molar-refractivity contribution in [3.8, 4) is 5.75 Å². The number of thioether (sulfide) groups is 1. The topological polar surface area (TPSA) is 50.7 Å². The standard InChI is InChI=1S/C17H15ClN2O2S/c18-13-7-5-12(6-8-13)11-22-15-4-2-1-3-14(15)16(21)20-17-19-9-10-23-17/h1-8H,9-11H2,(H,19,20,21). The minimum Gasteiger partial charge on any atom is -0.488 e. The van der Waals surface area contributed by atoms with Gasteiger partial charge < -0.3 is 10.1 Å². The maximum absolute atomic E-state index is 12.4. The second-order valence-corrected chi connectivity index (χ2v) is 6.42. The van der Waals surface area contributed by atoms with Gasteiger partial charge in [-0.05, 0) is 29.8 Å². The van der Waals surface area contributed by atoms with E-state index in [2.05, 4.69) is 10.3 Å². The van der Waals surface area contributed by atoms with E-state index in [1.807, 2.05) is 36.4 Å². The van der Waals surface area contributed by atoms with Gasteiger partial charge in [0.25, 0.3) is 5.91 Å². The Hall–Kier alpha value is -1.98. The number of carbonyl (C=O) groups excluding carboxylic acids is 1. The molecule has 0 unspecified atom stereocenters. The number of hydrogen-bond donors (Lipinski definition) is 1. The monoisotopic (exact) mass is 346 g/mol. The summed E-state index contributed by atoms with van der Waals surface area (Å²) in [6.45, 7) is 1.12. The van der Waals surface area contributed by atoms with E-state index in [9.17, 15) is 4.79 Å². The SMILES string of the molecule is O=C(NC1=NCCS1)c1ccccc1OCc1ccc(Cl)cc1. The van der Waals surface area contributed by atoms with Crippen LogP contribution in [0, 0.1) is 0 Å². The number of aliphatic imine (C=N–C) groups is 1. The largest absolute Gasteiger partial charge is 0.488 e. The molecule has 0 spiro atoms. The van der Waals surface area contributed by atoms with Crippen molar-refractivity contribution in [1.29, 1.82) is 0 Å². The molecule has 0 radical (unpaired) electrons. The summed E-state index contributed by atoms with van der Waals surface area (Å²) in [7, 11) is 0. The van der Waals surface area contributed by atoms with Crippen LogP contribution in [0.2, 0.25) is 5.02 Å². The Morgan fingerprint density at radius 1 is 1.22 bits per heavy atom. The van der Waals surface area contributed by atoms with Crippen molar-refractivity contribution in [2.75, 3.05) is 12.3 Å². The summed E-state index contributed by atoms with van der Waals surface area (Å²) in [5.74, 6) is 1.25. The highest BCUT2D eigenvalue weighted by Gasteiger charge is 2.16. The molecule has 23 heavy (non-hydrogen) atoms. The van der Waals surface area contributed by atoms with Gasteiger partial charge in [0.1, 0.15) is 12.4 Å². The number of nitrogens with one attached hydrogen (secondary N) is 1. The predicted octanol–water partition coefficient (Wildman–Crippen LogP) is 3.75. The van der Waals surface area contributed by atoms with Crippen LogP contribution in [0.25, 0.3) is 0 Å². The van der Waals surface area contributed by atoms with Crippen LogP contribution in [0.15, 0.2) is 53.5 Å². The zero-order valence-corrected chi connectivity index (χ0v) is 13.9. The third-order valence-corrected chi connectivity index (χ3v) is 4.39. The van der Waals surface area contributed by atoms with E-state index in [1.54, 1.807) is 23.9 Å². The minimum absolute atomic E-state index is 0.204. The molecular weight excluding hydrogens is 332 g/mol. The van der Waals surface area contributed by atoms with Crippen molar-refractivity contribution in [1.82, 2.24) is 5.32 Å². The molecular formula is C17H15ClN2O2S. The number of nitrogens with zero attached hydrogens (tertiary/aromatic N) is 1. The molecule has 118 valence electrons. The van der Waals surface area contributed by atoms with Gasteiger partial charge in [0.05, 0.1) is 12.1 Å². The third kappa shape index (κ3) is 4.27. The number of para-hydroxylation sites is 1. The van der Waals surface area contributed by atoms with Crippen LogP contribution in [0.1, 0.15) is 15.9 Å². The average molecular weight is 347 g/mol. The predicted molar refractivity (Wildman–Crippen MR) is 94.5 cm³/mol. The van der Waals surface area contributed by atoms with Crippen molar-refractivity contribution >= 4 is 34.4 Å². The first kappa shape index (κ1) is 15.9. The Balaban J connectivity index is 1.69. The highest BCUT2D eigenvalue weighted by atomic mass is 35.5. The molecule has 0 saturated carbocycles. The second-order valence-electron chi connectivity index (χ2n) is 4.90. The summed E-state index contributed by atoms with van der Waals surface area (Å²) >= 11 is 7.42. The molecule has 1 amide bonds. The van der Waals surface area contributed by atoms with Crippen molar-refractivity contribution in [2.45, 2.75) is 6.61 Å². The fraction of sp³-hybridized carbons (Fsp3) is 0.176. The smallest absolute Gasteiger partial charge is 0.260 e. The summed E-state index contributed by atoms with van der Waals surface area (Å²) in [4.78, 5) is 16.6. The molecule has 1 N–H and O–H groups in total. The van der Waals surface area contributed by atoms with Crippen LogP contribution in [0.3, 0.4) is 0 Å². The Kier molecular flexibility index (Phi) is 5.20. The molecule has 0 aromatic heterocycles. The summed E-state index contributed by atoms with van der Waals surface area (Å²) in [6, 6.07) is 14.6. The molecule has 1 aliphatic rings. The van der Waals surface area contributed by atoms with E-state index in [1.165, 1.54) is 0 Å². The van der Waals surface area contributed by atoms with E-state index in [-0.39, 0.29) is 5.91 Å². The van der Waals surface area contributed by atoms with E-state index < -0.39 is 0 Å². The van der Waals surface area contributed by atoms with Crippen LogP contribution in [-0.2, 0) is 6.61 Å². The zero-order chi connectivity index (χ0) is 16.1. The van der Waals surface area contributed by atoms with Crippen LogP contribution >= 0.6 is 23.4 Å². The average Bonchev–Trinajstić information content (AvgIpc) is 3.07. The van der Waals surface area contributed by atoms with Crippen LogP contribution < -0.4 is 10.1 Å². The first-order valence-electron chi connectivity index (χ1n) is 7.17.